The Hall–Kier alpha value is -5.25. The van der Waals surface area contributed by atoms with Crippen LogP contribution in [-0.2, 0) is 38.3 Å². The molecule has 6 heteroatoms. The van der Waals surface area contributed by atoms with Crippen LogP contribution in [-0.4, -0.2) is 9.97 Å². The molecule has 0 saturated heterocycles. The minimum Gasteiger partial charge on any atom is -0.472 e. The molecule has 4 heterocycles. The average molecular weight is 943 g/mol. The monoisotopic (exact) mass is 942 g/mol. The van der Waals surface area contributed by atoms with Gasteiger partial charge in [-0.15, -0.1) is 52.9 Å². The molecule has 0 spiro atoms. The number of aromatic nitrogens is 2. The number of benzene rings is 5. The summed E-state index contributed by atoms with van der Waals surface area (Å²) in [6.45, 7) is 22.3. The quantitative estimate of drug-likeness (QED) is 0.161. The fourth-order valence-electron chi connectivity index (χ4n) is 8.04. The number of furan rings is 1. The smallest absolute Gasteiger partial charge is 0.472 e. The number of nitrogens with zero attached hydrogens (tertiary/aromatic N) is 3. The maximum Gasteiger partial charge on any atom is 2.00 e. The normalized spacial score (nSPS) is 12.6. The van der Waals surface area contributed by atoms with Crippen LogP contribution in [0.3, 0.4) is 0 Å². The van der Waals surface area contributed by atoms with Crippen molar-refractivity contribution in [1.82, 2.24) is 9.97 Å². The van der Waals surface area contributed by atoms with E-state index in [1.54, 1.807) is 0 Å². The third kappa shape index (κ3) is 7.13. The number of hydrogen-bond donors (Lipinski definition) is 0. The van der Waals surface area contributed by atoms with E-state index in [1.807, 2.05) is 18.2 Å². The summed E-state index contributed by atoms with van der Waals surface area (Å²) in [5, 5.41) is 4.77. The fraction of sp³-hybridized carbons (Fsp3) is 0.269. The van der Waals surface area contributed by atoms with Gasteiger partial charge in [-0.3, -0.25) is 14.9 Å². The van der Waals surface area contributed by atoms with Crippen LogP contribution >= 0.6 is 0 Å². The van der Waals surface area contributed by atoms with Gasteiger partial charge in [0.2, 0.25) is 0 Å². The molecule has 0 aliphatic carbocycles. The molecule has 5 nitrogen and oxygen atoms in total. The molecule has 0 bridgehead atoms. The molecule has 58 heavy (non-hydrogen) atoms. The molecule has 0 unspecified atom stereocenters. The van der Waals surface area contributed by atoms with Crippen molar-refractivity contribution in [3.05, 3.63) is 138 Å². The number of para-hydroxylation sites is 1. The van der Waals surface area contributed by atoms with E-state index >= 15 is 0 Å². The maximum absolute atomic E-state index is 7.04. The molecule has 9 aromatic rings. The van der Waals surface area contributed by atoms with Crippen molar-refractivity contribution in [2.75, 3.05) is 4.90 Å². The molecule has 0 aliphatic heterocycles. The van der Waals surface area contributed by atoms with Gasteiger partial charge in [0.1, 0.15) is 28.4 Å². The molecular formula is C52H49N3O2Pt. The van der Waals surface area contributed by atoms with E-state index in [4.69, 9.17) is 18.8 Å². The first-order chi connectivity index (χ1) is 27.0. The molecule has 0 saturated carbocycles. The summed E-state index contributed by atoms with van der Waals surface area (Å²) in [5.41, 5.74) is 11.1. The van der Waals surface area contributed by atoms with Crippen LogP contribution in [0.4, 0.5) is 17.3 Å². The van der Waals surface area contributed by atoms with E-state index in [1.165, 1.54) is 16.7 Å². The summed E-state index contributed by atoms with van der Waals surface area (Å²) in [6.07, 6.45) is 0.881. The third-order valence-corrected chi connectivity index (χ3v) is 10.9. The Morgan fingerprint density at radius 3 is 2.00 bits per heavy atom. The number of aryl methyl sites for hydroxylation is 1. The predicted molar refractivity (Wildman–Crippen MR) is 237 cm³/mol. The minimum atomic E-state index is -0.155. The zero-order chi connectivity index (χ0) is 40.0. The van der Waals surface area contributed by atoms with Gasteiger partial charge in [-0.05, 0) is 99.1 Å². The van der Waals surface area contributed by atoms with Crippen molar-refractivity contribution in [2.24, 2.45) is 5.41 Å². The molecular weight excluding hydrogens is 894 g/mol. The second-order valence-corrected chi connectivity index (χ2v) is 18.9. The van der Waals surface area contributed by atoms with E-state index < -0.39 is 0 Å². The van der Waals surface area contributed by atoms with Crippen LogP contribution < -0.4 is 4.90 Å². The topological polar surface area (TPSA) is 55.3 Å². The zero-order valence-corrected chi connectivity index (χ0v) is 37.3. The van der Waals surface area contributed by atoms with E-state index in [0.29, 0.717) is 0 Å². The van der Waals surface area contributed by atoms with E-state index in [9.17, 15) is 0 Å². The largest absolute Gasteiger partial charge is 2.00 e. The molecule has 0 amide bonds. The Bertz CT molecular complexity index is 3010. The van der Waals surface area contributed by atoms with E-state index in [2.05, 4.69) is 171 Å². The van der Waals surface area contributed by atoms with Crippen LogP contribution in [0.15, 0.2) is 112 Å². The van der Waals surface area contributed by atoms with Crippen LogP contribution in [0.25, 0.3) is 66.0 Å². The molecule has 0 aliphatic rings. The zero-order valence-electron chi connectivity index (χ0n) is 35.0. The summed E-state index contributed by atoms with van der Waals surface area (Å²) >= 11 is 0. The summed E-state index contributed by atoms with van der Waals surface area (Å²) in [7, 11) is 0. The molecule has 4 aromatic heterocycles. The second kappa shape index (κ2) is 14.2. The minimum absolute atomic E-state index is 0. The number of rotatable bonds is 5. The Kier molecular flexibility index (Phi) is 9.71. The van der Waals surface area contributed by atoms with Crippen molar-refractivity contribution in [3.8, 4) is 11.3 Å². The fourth-order valence-corrected chi connectivity index (χ4v) is 8.04. The van der Waals surface area contributed by atoms with Crippen molar-refractivity contribution in [3.63, 3.8) is 0 Å². The first-order valence-corrected chi connectivity index (χ1v) is 20.0. The van der Waals surface area contributed by atoms with Gasteiger partial charge >= 0.3 is 21.1 Å². The van der Waals surface area contributed by atoms with Gasteiger partial charge in [0, 0.05) is 11.1 Å². The first kappa shape index (κ1) is 39.6. The van der Waals surface area contributed by atoms with Gasteiger partial charge < -0.3 is 8.83 Å². The number of fused-ring (bicyclic) bond motifs is 4. The summed E-state index contributed by atoms with van der Waals surface area (Å²) < 4.78 is 13.9. The molecule has 9 rings (SSSR count). The molecule has 0 fully saturated rings. The Balaban J connectivity index is 0.00000469. The van der Waals surface area contributed by atoms with Gasteiger partial charge in [0.05, 0.1) is 11.1 Å². The molecule has 294 valence electrons. The van der Waals surface area contributed by atoms with Gasteiger partial charge in [0.25, 0.3) is 0 Å². The van der Waals surface area contributed by atoms with Crippen molar-refractivity contribution in [2.45, 2.75) is 86.5 Å². The molecule has 0 atom stereocenters. The number of anilines is 3. The summed E-state index contributed by atoms with van der Waals surface area (Å²) in [4.78, 5) is 13.2. The SMILES string of the molecule is Cc1cc(N(c2ccccc2)c2cc(C(C)(C)C)cc(-c3[c-]ccc(C(C)(C)C)c3)n2)nc2c1oc1cc(CC(C)(C)C)cc3oc4c5ccccc5[c-]c2c4c13.[Pt+2]. The van der Waals surface area contributed by atoms with Crippen LogP contribution in [0, 0.1) is 24.5 Å². The van der Waals surface area contributed by atoms with E-state index in [0.717, 1.165) is 95.3 Å². The predicted octanol–water partition coefficient (Wildman–Crippen LogP) is 14.7. The van der Waals surface area contributed by atoms with Gasteiger partial charge in [-0.2, -0.15) is 0 Å². The summed E-state index contributed by atoms with van der Waals surface area (Å²) in [6, 6.07) is 43.3. The van der Waals surface area contributed by atoms with Crippen molar-refractivity contribution >= 4 is 72.1 Å². The summed E-state index contributed by atoms with van der Waals surface area (Å²) in [5.74, 6) is 1.50. The van der Waals surface area contributed by atoms with Crippen molar-refractivity contribution < 1.29 is 29.9 Å². The average Bonchev–Trinajstić information content (AvgIpc) is 3.48. The molecule has 0 radical (unpaired) electrons. The number of pyridine rings is 2. The van der Waals surface area contributed by atoms with Crippen LogP contribution in [0.2, 0.25) is 0 Å². The van der Waals surface area contributed by atoms with E-state index in [-0.39, 0.29) is 37.3 Å². The van der Waals surface area contributed by atoms with Crippen LogP contribution in [0.1, 0.15) is 84.6 Å². The van der Waals surface area contributed by atoms with Gasteiger partial charge in [0.15, 0.2) is 0 Å². The Morgan fingerprint density at radius 2 is 1.31 bits per heavy atom. The Labute approximate surface area is 355 Å². The molecule has 0 N–H and O–H groups in total. The van der Waals surface area contributed by atoms with Gasteiger partial charge in [-0.1, -0.05) is 110 Å². The first-order valence-electron chi connectivity index (χ1n) is 20.0. The number of hydrogen-bond acceptors (Lipinski definition) is 5. The molecule has 5 aromatic carbocycles. The third-order valence-electron chi connectivity index (χ3n) is 10.9. The second-order valence-electron chi connectivity index (χ2n) is 18.9. The Morgan fingerprint density at radius 1 is 0.655 bits per heavy atom. The maximum atomic E-state index is 7.04. The van der Waals surface area contributed by atoms with Gasteiger partial charge in [-0.25, -0.2) is 0 Å². The van der Waals surface area contributed by atoms with Crippen LogP contribution in [0.5, 0.6) is 0 Å². The standard InChI is InChI=1S/C52H49N3O2.Pt/c1-31-23-43(55(37-20-12-11-13-21-37)44-29-36(52(8,9)10)28-40(53-44)34-18-16-19-35(26-34)51(5,6)7)54-47-39-27-33-17-14-15-22-38(33)49-45(39)46-41(56-48(31)47)24-32(25-42(46)57-49)30-50(2,3)4;/h11-17,19-26,28-29H,30H2,1-10H3;/q-2;+2. The van der Waals surface area contributed by atoms with Crippen molar-refractivity contribution in [1.29, 1.82) is 0 Å².